The number of hydrogen-bond donors (Lipinski definition) is 2. The molecule has 1 aliphatic rings. The van der Waals surface area contributed by atoms with Gasteiger partial charge in [0.15, 0.2) is 0 Å². The number of carbonyl (C=O) groups is 1. The van der Waals surface area contributed by atoms with Crippen molar-refractivity contribution in [2.24, 2.45) is 0 Å². The van der Waals surface area contributed by atoms with Crippen molar-refractivity contribution in [3.63, 3.8) is 0 Å². The van der Waals surface area contributed by atoms with Crippen LogP contribution in [0.1, 0.15) is 12.8 Å². The van der Waals surface area contributed by atoms with Gasteiger partial charge in [0.05, 0.1) is 25.0 Å². The molecule has 0 unspecified atom stereocenters. The molecule has 0 radical (unpaired) electrons. The van der Waals surface area contributed by atoms with E-state index in [9.17, 15) is 4.79 Å². The number of ether oxygens (including phenoxy) is 2. The summed E-state index contributed by atoms with van der Waals surface area (Å²) in [5.74, 6) is 0.466. The predicted molar refractivity (Wildman–Crippen MR) is 71.3 cm³/mol. The van der Waals surface area contributed by atoms with Gasteiger partial charge in [-0.1, -0.05) is 0 Å². The lowest BCUT2D eigenvalue weighted by Gasteiger charge is -2.07. The van der Waals surface area contributed by atoms with Crippen molar-refractivity contribution in [2.75, 3.05) is 32.2 Å². The van der Waals surface area contributed by atoms with Gasteiger partial charge in [0, 0.05) is 19.2 Å². The number of nitrogens with zero attached hydrogens (tertiary/aromatic N) is 1. The molecule has 0 bridgehead atoms. The van der Waals surface area contributed by atoms with E-state index in [-0.39, 0.29) is 5.91 Å². The monoisotopic (exact) mass is 265 g/mol. The Morgan fingerprint density at radius 1 is 1.42 bits per heavy atom. The quantitative estimate of drug-likeness (QED) is 0.680. The van der Waals surface area contributed by atoms with Gasteiger partial charge in [0.1, 0.15) is 6.61 Å². The second-order valence-electron chi connectivity index (χ2n) is 4.43. The number of rotatable bonds is 8. The SMILES string of the molecule is COCCOc1ccc(NC(=O)CNC2CC2)cn1. The molecule has 2 N–H and O–H groups in total. The summed E-state index contributed by atoms with van der Waals surface area (Å²) in [4.78, 5) is 15.7. The number of aromatic nitrogens is 1. The molecule has 19 heavy (non-hydrogen) atoms. The fourth-order valence-electron chi connectivity index (χ4n) is 1.50. The molecule has 6 heteroatoms. The topological polar surface area (TPSA) is 72.5 Å². The highest BCUT2D eigenvalue weighted by molar-refractivity contribution is 5.92. The minimum Gasteiger partial charge on any atom is -0.475 e. The first-order chi connectivity index (χ1) is 9.28. The van der Waals surface area contributed by atoms with E-state index in [0.717, 1.165) is 0 Å². The van der Waals surface area contributed by atoms with Crippen LogP contribution in [0.5, 0.6) is 5.88 Å². The van der Waals surface area contributed by atoms with Crippen LogP contribution in [0.4, 0.5) is 5.69 Å². The van der Waals surface area contributed by atoms with Gasteiger partial charge < -0.3 is 20.1 Å². The van der Waals surface area contributed by atoms with Crippen molar-refractivity contribution >= 4 is 11.6 Å². The average molecular weight is 265 g/mol. The molecule has 1 aliphatic carbocycles. The Kier molecular flexibility index (Phi) is 5.11. The summed E-state index contributed by atoms with van der Waals surface area (Å²) in [6.07, 6.45) is 3.92. The van der Waals surface area contributed by atoms with Crippen LogP contribution in [0.2, 0.25) is 0 Å². The number of hydrogen-bond acceptors (Lipinski definition) is 5. The summed E-state index contributed by atoms with van der Waals surface area (Å²) >= 11 is 0. The fourth-order valence-corrected chi connectivity index (χ4v) is 1.50. The molecule has 6 nitrogen and oxygen atoms in total. The van der Waals surface area contributed by atoms with Crippen LogP contribution in [0.3, 0.4) is 0 Å². The predicted octanol–water partition coefficient (Wildman–Crippen LogP) is 0.797. The third-order valence-electron chi connectivity index (χ3n) is 2.69. The molecule has 0 aliphatic heterocycles. The molecule has 0 spiro atoms. The van der Waals surface area contributed by atoms with Gasteiger partial charge in [-0.3, -0.25) is 4.79 Å². The third-order valence-corrected chi connectivity index (χ3v) is 2.69. The Labute approximate surface area is 112 Å². The van der Waals surface area contributed by atoms with Gasteiger partial charge in [-0.25, -0.2) is 4.98 Å². The van der Waals surface area contributed by atoms with E-state index in [1.165, 1.54) is 12.8 Å². The van der Waals surface area contributed by atoms with Gasteiger partial charge in [-0.15, -0.1) is 0 Å². The van der Waals surface area contributed by atoms with Gasteiger partial charge >= 0.3 is 0 Å². The molecule has 1 aromatic rings. The zero-order chi connectivity index (χ0) is 13.5. The molecule has 1 aromatic heterocycles. The second kappa shape index (κ2) is 7.06. The molecular formula is C13H19N3O3. The fraction of sp³-hybridized carbons (Fsp3) is 0.538. The summed E-state index contributed by atoms with van der Waals surface area (Å²) in [5.41, 5.74) is 0.668. The van der Waals surface area contributed by atoms with Crippen LogP contribution < -0.4 is 15.4 Å². The number of anilines is 1. The summed E-state index contributed by atoms with van der Waals surface area (Å²) in [6, 6.07) is 4.02. The molecule has 1 heterocycles. The lowest BCUT2D eigenvalue weighted by molar-refractivity contribution is -0.115. The van der Waals surface area contributed by atoms with Crippen LogP contribution in [0, 0.1) is 0 Å². The van der Waals surface area contributed by atoms with Crippen molar-refractivity contribution < 1.29 is 14.3 Å². The number of methoxy groups -OCH3 is 1. The number of carbonyl (C=O) groups excluding carboxylic acids is 1. The highest BCUT2D eigenvalue weighted by Crippen LogP contribution is 2.18. The van der Waals surface area contributed by atoms with Gasteiger partial charge in [0.25, 0.3) is 0 Å². The molecule has 104 valence electrons. The van der Waals surface area contributed by atoms with Crippen molar-refractivity contribution in [1.29, 1.82) is 0 Å². The van der Waals surface area contributed by atoms with Gasteiger partial charge in [-0.2, -0.15) is 0 Å². The smallest absolute Gasteiger partial charge is 0.238 e. The summed E-state index contributed by atoms with van der Waals surface area (Å²) in [6.45, 7) is 1.32. The van der Waals surface area contributed by atoms with Crippen LogP contribution in [0.15, 0.2) is 18.3 Å². The molecule has 0 saturated heterocycles. The van der Waals surface area contributed by atoms with Gasteiger partial charge in [-0.05, 0) is 18.9 Å². The van der Waals surface area contributed by atoms with Crippen molar-refractivity contribution in [2.45, 2.75) is 18.9 Å². The minimum atomic E-state index is -0.0539. The largest absolute Gasteiger partial charge is 0.475 e. The third kappa shape index (κ3) is 5.23. The van der Waals surface area contributed by atoms with Gasteiger partial charge in [0.2, 0.25) is 11.8 Å². The summed E-state index contributed by atoms with van der Waals surface area (Å²) < 4.78 is 10.2. The van der Waals surface area contributed by atoms with Crippen LogP contribution >= 0.6 is 0 Å². The lowest BCUT2D eigenvalue weighted by Crippen LogP contribution is -2.29. The van der Waals surface area contributed by atoms with Crippen LogP contribution in [-0.2, 0) is 9.53 Å². The Bertz CT molecular complexity index is 404. The molecule has 0 aromatic carbocycles. The van der Waals surface area contributed by atoms with E-state index >= 15 is 0 Å². The molecule has 1 saturated carbocycles. The first-order valence-corrected chi connectivity index (χ1v) is 6.39. The summed E-state index contributed by atoms with van der Waals surface area (Å²) in [7, 11) is 1.62. The molecule has 1 fully saturated rings. The number of nitrogens with one attached hydrogen (secondary N) is 2. The van der Waals surface area contributed by atoms with E-state index < -0.39 is 0 Å². The Morgan fingerprint density at radius 2 is 2.26 bits per heavy atom. The first-order valence-electron chi connectivity index (χ1n) is 6.39. The van der Waals surface area contributed by atoms with E-state index in [1.807, 2.05) is 0 Å². The lowest BCUT2D eigenvalue weighted by atomic mass is 10.4. The first kappa shape index (κ1) is 13.8. The maximum absolute atomic E-state index is 11.6. The van der Waals surface area contributed by atoms with Crippen LogP contribution in [-0.4, -0.2) is 43.8 Å². The van der Waals surface area contributed by atoms with E-state index in [4.69, 9.17) is 9.47 Å². The summed E-state index contributed by atoms with van der Waals surface area (Å²) in [5, 5.41) is 5.93. The standard InChI is InChI=1S/C13H19N3O3/c1-18-6-7-19-13-5-4-11(8-15-13)16-12(17)9-14-10-2-3-10/h4-5,8,10,14H,2-3,6-7,9H2,1H3,(H,16,17). The van der Waals surface area contributed by atoms with Crippen molar-refractivity contribution in [1.82, 2.24) is 10.3 Å². The molecular weight excluding hydrogens is 246 g/mol. The van der Waals surface area contributed by atoms with E-state index in [0.29, 0.717) is 37.4 Å². The zero-order valence-electron chi connectivity index (χ0n) is 11.0. The second-order valence-corrected chi connectivity index (χ2v) is 4.43. The highest BCUT2D eigenvalue weighted by atomic mass is 16.5. The maximum atomic E-state index is 11.6. The average Bonchev–Trinajstić information content (AvgIpc) is 3.23. The zero-order valence-corrected chi connectivity index (χ0v) is 11.0. The Morgan fingerprint density at radius 3 is 2.89 bits per heavy atom. The number of amides is 1. The Hall–Kier alpha value is -1.66. The highest BCUT2D eigenvalue weighted by Gasteiger charge is 2.21. The van der Waals surface area contributed by atoms with Crippen molar-refractivity contribution in [3.05, 3.63) is 18.3 Å². The maximum Gasteiger partial charge on any atom is 0.238 e. The molecule has 2 rings (SSSR count). The molecule has 0 atom stereocenters. The Balaban J connectivity index is 1.72. The number of pyridine rings is 1. The normalized spacial score (nSPS) is 14.2. The van der Waals surface area contributed by atoms with Crippen LogP contribution in [0.25, 0.3) is 0 Å². The minimum absolute atomic E-state index is 0.0539. The van der Waals surface area contributed by atoms with E-state index in [1.54, 1.807) is 25.4 Å². The van der Waals surface area contributed by atoms with Crippen molar-refractivity contribution in [3.8, 4) is 5.88 Å². The molecule has 1 amide bonds. The van der Waals surface area contributed by atoms with E-state index in [2.05, 4.69) is 15.6 Å².